The molecule has 1 aromatic carbocycles. The van der Waals surface area contributed by atoms with Crippen molar-refractivity contribution in [2.24, 2.45) is 50.2 Å². The normalized spacial score (nSPS) is 43.4. The molecule has 244 valence electrons. The molecule has 1 amide bonds. The summed E-state index contributed by atoms with van der Waals surface area (Å²) < 4.78 is 0. The van der Waals surface area contributed by atoms with Crippen LogP contribution in [0.4, 0.5) is 0 Å². The molecule has 5 aliphatic carbocycles. The zero-order valence-electron chi connectivity index (χ0n) is 28.1. The van der Waals surface area contributed by atoms with Crippen LogP contribution in [0.2, 0.25) is 0 Å². The molecule has 6 rings (SSSR count). The maximum Gasteiger partial charge on any atom is 0.336 e. The molecule has 7 nitrogen and oxygen atoms in total. The molecule has 0 bridgehead atoms. The molecule has 0 aliphatic heterocycles. The zero-order valence-corrected chi connectivity index (χ0v) is 28.1. The number of aromatic carboxylic acids is 1. The Morgan fingerprint density at radius 3 is 2.11 bits per heavy atom. The summed E-state index contributed by atoms with van der Waals surface area (Å²) in [4.78, 5) is 52.3. The van der Waals surface area contributed by atoms with Crippen LogP contribution in [0, 0.1) is 50.2 Å². The van der Waals surface area contributed by atoms with E-state index in [4.69, 9.17) is 0 Å². The predicted octanol–water partition coefficient (Wildman–Crippen LogP) is 7.55. The lowest BCUT2D eigenvalue weighted by atomic mass is 9.33. The molecule has 7 heteroatoms. The number of carboxylic acid groups (broad SMARTS) is 2. The van der Waals surface area contributed by atoms with Crippen molar-refractivity contribution in [1.29, 1.82) is 0 Å². The molecular weight excluding hydrogens is 566 g/mol. The number of carboxylic acids is 2. The number of allylic oxidation sites excluding steroid dienone is 2. The summed E-state index contributed by atoms with van der Waals surface area (Å²) in [6.07, 6.45) is 9.57. The monoisotopic (exact) mass is 617 g/mol. The van der Waals surface area contributed by atoms with Gasteiger partial charge in [-0.05, 0) is 122 Å². The first kappa shape index (κ1) is 32.0. The van der Waals surface area contributed by atoms with E-state index in [2.05, 4.69) is 46.9 Å². The quantitative estimate of drug-likeness (QED) is 0.321. The van der Waals surface area contributed by atoms with Gasteiger partial charge in [0.15, 0.2) is 5.78 Å². The highest BCUT2D eigenvalue weighted by molar-refractivity contribution is 6.05. The van der Waals surface area contributed by atoms with E-state index < -0.39 is 17.4 Å². The Hall–Kier alpha value is -2.96. The molecule has 4 saturated carbocycles. The highest BCUT2D eigenvalue weighted by Crippen LogP contribution is 2.75. The third-order valence-corrected chi connectivity index (χ3v) is 14.8. The van der Waals surface area contributed by atoms with Crippen LogP contribution in [0.3, 0.4) is 0 Å². The van der Waals surface area contributed by atoms with Crippen LogP contribution in [0.15, 0.2) is 35.9 Å². The van der Waals surface area contributed by atoms with Gasteiger partial charge in [-0.1, -0.05) is 59.2 Å². The van der Waals surface area contributed by atoms with Crippen molar-refractivity contribution < 1.29 is 29.4 Å². The number of hydrogen-bond acceptors (Lipinski definition) is 4. The number of hydrogen-bond donors (Lipinski definition) is 3. The summed E-state index contributed by atoms with van der Waals surface area (Å²) in [6, 6.07) is 6.19. The van der Waals surface area contributed by atoms with Crippen LogP contribution in [-0.4, -0.2) is 39.9 Å². The number of amides is 1. The second-order valence-corrected chi connectivity index (χ2v) is 17.3. The average molecular weight is 618 g/mol. The standard InChI is InChI=1S/C38H51NO6/c1-33(2)27-12-15-38(7)29(36(27,5)14-13-28(33)39-30(41)22-10-8-9-11-23(22)31(42)43)26(40)20-24-25-21-35(4,32(44)45)17-16-34(25,3)18-19-37(24,38)6/h8-11,20,25,27-29H,12-19,21H2,1-7H3,(H,39,41)(H,42,43)(H,44,45)/t25-,27-,28?,29+,34+,35-,36-,37+,38+/m0/s1. The largest absolute Gasteiger partial charge is 0.481 e. The van der Waals surface area contributed by atoms with E-state index in [9.17, 15) is 29.4 Å². The molecule has 5 aliphatic rings. The SMILES string of the molecule is CC1(C)C(NC(=O)c2ccccc2C(=O)O)CC[C@]2(C)[C@H]3C(=O)C=C4[C@@H]5C[C@@](C)(C(=O)O)CC[C@]5(C)CC[C@@]4(C)[C@]3(C)CC[C@@H]12. The van der Waals surface area contributed by atoms with E-state index in [-0.39, 0.29) is 73.7 Å². The van der Waals surface area contributed by atoms with E-state index in [1.165, 1.54) is 11.6 Å². The first-order chi connectivity index (χ1) is 20.8. The molecule has 0 aromatic heterocycles. The summed E-state index contributed by atoms with van der Waals surface area (Å²) in [7, 11) is 0. The Morgan fingerprint density at radius 1 is 0.822 bits per heavy atom. The number of aliphatic carboxylic acids is 1. The molecule has 1 aromatic rings. The van der Waals surface area contributed by atoms with Gasteiger partial charge in [0.1, 0.15) is 0 Å². The van der Waals surface area contributed by atoms with Gasteiger partial charge in [0, 0.05) is 12.0 Å². The van der Waals surface area contributed by atoms with Gasteiger partial charge < -0.3 is 15.5 Å². The Balaban J connectivity index is 1.33. The molecule has 1 unspecified atom stereocenters. The lowest BCUT2D eigenvalue weighted by Gasteiger charge is -2.70. The minimum Gasteiger partial charge on any atom is -0.481 e. The first-order valence-electron chi connectivity index (χ1n) is 17.0. The summed E-state index contributed by atoms with van der Waals surface area (Å²) in [5, 5.41) is 23.1. The molecule has 0 radical (unpaired) electrons. The number of rotatable bonds is 4. The van der Waals surface area contributed by atoms with Crippen LogP contribution in [0.25, 0.3) is 0 Å². The van der Waals surface area contributed by atoms with Crippen molar-refractivity contribution in [3.63, 3.8) is 0 Å². The number of nitrogens with one attached hydrogen (secondary N) is 1. The van der Waals surface area contributed by atoms with Gasteiger partial charge in [0.05, 0.1) is 16.5 Å². The second kappa shape index (κ2) is 10.0. The number of ketones is 1. The maximum atomic E-state index is 14.6. The molecule has 9 atom stereocenters. The molecule has 3 N–H and O–H groups in total. The highest BCUT2D eigenvalue weighted by atomic mass is 16.4. The summed E-state index contributed by atoms with van der Waals surface area (Å²) in [5.41, 5.74) is -0.381. The average Bonchev–Trinajstić information content (AvgIpc) is 2.96. The minimum absolute atomic E-state index is 0.00394. The fraction of sp³-hybridized carbons (Fsp3) is 0.684. The zero-order chi connectivity index (χ0) is 33.0. The maximum absolute atomic E-state index is 14.6. The van der Waals surface area contributed by atoms with E-state index >= 15 is 0 Å². The van der Waals surface area contributed by atoms with E-state index in [1.807, 2.05) is 13.0 Å². The van der Waals surface area contributed by atoms with Crippen molar-refractivity contribution in [1.82, 2.24) is 5.32 Å². The van der Waals surface area contributed by atoms with Crippen LogP contribution in [0.1, 0.15) is 127 Å². The number of carbonyl (C=O) groups excluding carboxylic acids is 2. The molecule has 0 spiro atoms. The molecular formula is C38H51NO6. The fourth-order valence-corrected chi connectivity index (χ4v) is 11.7. The Morgan fingerprint density at radius 2 is 1.47 bits per heavy atom. The molecule has 0 heterocycles. The van der Waals surface area contributed by atoms with Crippen molar-refractivity contribution in [2.45, 2.75) is 112 Å². The van der Waals surface area contributed by atoms with Gasteiger partial charge in [0.25, 0.3) is 5.91 Å². The minimum atomic E-state index is -1.12. The third-order valence-electron chi connectivity index (χ3n) is 14.8. The number of benzene rings is 1. The van der Waals surface area contributed by atoms with Gasteiger partial charge in [-0.15, -0.1) is 0 Å². The van der Waals surface area contributed by atoms with Gasteiger partial charge >= 0.3 is 11.9 Å². The molecule has 45 heavy (non-hydrogen) atoms. The summed E-state index contributed by atoms with van der Waals surface area (Å²) >= 11 is 0. The van der Waals surface area contributed by atoms with Crippen LogP contribution in [0.5, 0.6) is 0 Å². The van der Waals surface area contributed by atoms with Crippen molar-refractivity contribution in [3.05, 3.63) is 47.0 Å². The first-order valence-corrected chi connectivity index (χ1v) is 17.0. The topological polar surface area (TPSA) is 121 Å². The fourth-order valence-electron chi connectivity index (χ4n) is 11.7. The third kappa shape index (κ3) is 4.34. The highest BCUT2D eigenvalue weighted by Gasteiger charge is 2.70. The van der Waals surface area contributed by atoms with Gasteiger partial charge in [0.2, 0.25) is 0 Å². The van der Waals surface area contributed by atoms with Crippen molar-refractivity contribution >= 4 is 23.6 Å². The Kier molecular flexibility index (Phi) is 7.12. The van der Waals surface area contributed by atoms with Gasteiger partial charge in [-0.2, -0.15) is 0 Å². The Labute approximate surface area is 267 Å². The van der Waals surface area contributed by atoms with Gasteiger partial charge in [-0.25, -0.2) is 4.79 Å². The lowest BCUT2D eigenvalue weighted by Crippen LogP contribution is -2.67. The number of carbonyl (C=O) groups is 4. The molecule has 4 fully saturated rings. The number of fused-ring (bicyclic) bond motifs is 7. The van der Waals surface area contributed by atoms with E-state index in [1.54, 1.807) is 18.2 Å². The van der Waals surface area contributed by atoms with E-state index in [0.29, 0.717) is 19.3 Å². The summed E-state index contributed by atoms with van der Waals surface area (Å²) in [5.74, 6) is -1.88. The Bertz CT molecular complexity index is 1510. The summed E-state index contributed by atoms with van der Waals surface area (Å²) in [6.45, 7) is 15.7. The van der Waals surface area contributed by atoms with Crippen molar-refractivity contribution in [3.8, 4) is 0 Å². The van der Waals surface area contributed by atoms with E-state index in [0.717, 1.165) is 38.5 Å². The molecule has 0 saturated heterocycles. The van der Waals surface area contributed by atoms with Crippen LogP contribution in [-0.2, 0) is 9.59 Å². The van der Waals surface area contributed by atoms with Gasteiger partial charge in [-0.3, -0.25) is 14.4 Å². The second-order valence-electron chi connectivity index (χ2n) is 17.3. The smallest absolute Gasteiger partial charge is 0.336 e. The van der Waals surface area contributed by atoms with Crippen LogP contribution >= 0.6 is 0 Å². The lowest BCUT2D eigenvalue weighted by molar-refractivity contribution is -0.189. The predicted molar refractivity (Wildman–Crippen MR) is 172 cm³/mol. The van der Waals surface area contributed by atoms with Crippen LogP contribution < -0.4 is 5.32 Å². The van der Waals surface area contributed by atoms with Crippen molar-refractivity contribution in [2.75, 3.05) is 0 Å².